The normalized spacial score (nSPS) is 11.0. The van der Waals surface area contributed by atoms with Crippen LogP contribution in [0.1, 0.15) is 26.7 Å². The SMILES string of the molecule is CC(C)Oc1ccccc1NC(=O)CCNCCCN(C)C. The first-order valence-electron chi connectivity index (χ1n) is 7.90. The number of benzene rings is 1. The van der Waals surface area contributed by atoms with Crippen molar-refractivity contribution in [2.45, 2.75) is 32.8 Å². The van der Waals surface area contributed by atoms with Crippen molar-refractivity contribution in [3.8, 4) is 5.75 Å². The summed E-state index contributed by atoms with van der Waals surface area (Å²) in [5, 5.41) is 6.20. The number of nitrogens with one attached hydrogen (secondary N) is 2. The second-order valence-corrected chi connectivity index (χ2v) is 5.87. The van der Waals surface area contributed by atoms with Gasteiger partial charge in [0.25, 0.3) is 0 Å². The van der Waals surface area contributed by atoms with Gasteiger partial charge in [0.1, 0.15) is 5.75 Å². The molecule has 0 atom stereocenters. The van der Waals surface area contributed by atoms with E-state index in [0.717, 1.165) is 25.2 Å². The quantitative estimate of drug-likeness (QED) is 0.652. The minimum Gasteiger partial charge on any atom is -0.489 e. The van der Waals surface area contributed by atoms with Crippen molar-refractivity contribution in [3.63, 3.8) is 0 Å². The van der Waals surface area contributed by atoms with E-state index in [1.807, 2.05) is 38.1 Å². The fraction of sp³-hybridized carbons (Fsp3) is 0.588. The highest BCUT2D eigenvalue weighted by atomic mass is 16.5. The van der Waals surface area contributed by atoms with E-state index in [1.54, 1.807) is 0 Å². The molecule has 0 aromatic heterocycles. The largest absolute Gasteiger partial charge is 0.489 e. The molecule has 5 nitrogen and oxygen atoms in total. The summed E-state index contributed by atoms with van der Waals surface area (Å²) in [7, 11) is 4.12. The van der Waals surface area contributed by atoms with Gasteiger partial charge in [0.05, 0.1) is 11.8 Å². The first-order valence-corrected chi connectivity index (χ1v) is 7.90. The molecule has 1 aromatic rings. The summed E-state index contributed by atoms with van der Waals surface area (Å²) in [6.07, 6.45) is 1.62. The Morgan fingerprint density at radius 3 is 2.64 bits per heavy atom. The second-order valence-electron chi connectivity index (χ2n) is 5.87. The summed E-state index contributed by atoms with van der Waals surface area (Å²) in [5.74, 6) is 0.713. The molecule has 0 aliphatic carbocycles. The zero-order valence-corrected chi connectivity index (χ0v) is 14.2. The van der Waals surface area contributed by atoms with E-state index in [4.69, 9.17) is 4.74 Å². The molecule has 0 spiro atoms. The van der Waals surface area contributed by atoms with Crippen molar-refractivity contribution in [1.29, 1.82) is 0 Å². The fourth-order valence-corrected chi connectivity index (χ4v) is 1.99. The predicted molar refractivity (Wildman–Crippen MR) is 91.5 cm³/mol. The Labute approximate surface area is 134 Å². The molecule has 0 fully saturated rings. The van der Waals surface area contributed by atoms with Crippen LogP contribution in [0.15, 0.2) is 24.3 Å². The topological polar surface area (TPSA) is 53.6 Å². The number of para-hydroxylation sites is 2. The molecule has 0 aliphatic heterocycles. The Morgan fingerprint density at radius 2 is 1.95 bits per heavy atom. The lowest BCUT2D eigenvalue weighted by molar-refractivity contribution is -0.116. The number of anilines is 1. The first-order chi connectivity index (χ1) is 10.5. The smallest absolute Gasteiger partial charge is 0.225 e. The second kappa shape index (κ2) is 10.2. The van der Waals surface area contributed by atoms with Gasteiger partial charge in [-0.05, 0) is 59.6 Å². The van der Waals surface area contributed by atoms with Crippen LogP contribution >= 0.6 is 0 Å². The van der Waals surface area contributed by atoms with E-state index >= 15 is 0 Å². The van der Waals surface area contributed by atoms with Crippen LogP contribution in [0.3, 0.4) is 0 Å². The number of ether oxygens (including phenoxy) is 1. The molecule has 5 heteroatoms. The van der Waals surface area contributed by atoms with Crippen LogP contribution in [0, 0.1) is 0 Å². The maximum absolute atomic E-state index is 12.0. The number of rotatable bonds is 10. The summed E-state index contributed by atoms with van der Waals surface area (Å²) >= 11 is 0. The number of carbonyl (C=O) groups is 1. The predicted octanol–water partition coefficient (Wildman–Crippen LogP) is 2.34. The van der Waals surface area contributed by atoms with Gasteiger partial charge in [-0.2, -0.15) is 0 Å². The summed E-state index contributed by atoms with van der Waals surface area (Å²) in [5.41, 5.74) is 0.730. The van der Waals surface area contributed by atoms with Gasteiger partial charge in [0, 0.05) is 13.0 Å². The fourth-order valence-electron chi connectivity index (χ4n) is 1.99. The molecule has 0 bridgehead atoms. The molecule has 2 N–H and O–H groups in total. The van der Waals surface area contributed by atoms with Gasteiger partial charge in [0.15, 0.2) is 0 Å². The highest BCUT2D eigenvalue weighted by Gasteiger charge is 2.08. The van der Waals surface area contributed by atoms with Crippen molar-refractivity contribution in [1.82, 2.24) is 10.2 Å². The van der Waals surface area contributed by atoms with E-state index in [9.17, 15) is 4.79 Å². The van der Waals surface area contributed by atoms with Crippen LogP contribution in [-0.2, 0) is 4.79 Å². The number of hydrogen-bond donors (Lipinski definition) is 2. The van der Waals surface area contributed by atoms with Crippen molar-refractivity contribution >= 4 is 11.6 Å². The molecule has 0 radical (unpaired) electrons. The monoisotopic (exact) mass is 307 g/mol. The zero-order chi connectivity index (χ0) is 16.4. The van der Waals surface area contributed by atoms with Gasteiger partial charge >= 0.3 is 0 Å². The van der Waals surface area contributed by atoms with E-state index in [1.165, 1.54) is 0 Å². The maximum Gasteiger partial charge on any atom is 0.225 e. The molecule has 0 aliphatic rings. The van der Waals surface area contributed by atoms with Gasteiger partial charge in [-0.3, -0.25) is 4.79 Å². The van der Waals surface area contributed by atoms with Crippen LogP contribution in [0.5, 0.6) is 5.75 Å². The summed E-state index contributed by atoms with van der Waals surface area (Å²) in [4.78, 5) is 14.1. The molecular weight excluding hydrogens is 278 g/mol. The third-order valence-electron chi connectivity index (χ3n) is 3.01. The van der Waals surface area contributed by atoms with Gasteiger partial charge in [0.2, 0.25) is 5.91 Å². The van der Waals surface area contributed by atoms with Crippen LogP contribution in [0.2, 0.25) is 0 Å². The van der Waals surface area contributed by atoms with Gasteiger partial charge in [-0.15, -0.1) is 0 Å². The lowest BCUT2D eigenvalue weighted by Gasteiger charge is -2.15. The van der Waals surface area contributed by atoms with Gasteiger partial charge in [-0.1, -0.05) is 12.1 Å². The Morgan fingerprint density at radius 1 is 1.23 bits per heavy atom. The van der Waals surface area contributed by atoms with E-state index in [-0.39, 0.29) is 12.0 Å². The molecule has 22 heavy (non-hydrogen) atoms. The summed E-state index contributed by atoms with van der Waals surface area (Å²) in [6, 6.07) is 7.53. The first kappa shape index (κ1) is 18.5. The van der Waals surface area contributed by atoms with Gasteiger partial charge < -0.3 is 20.3 Å². The Bertz CT molecular complexity index is 447. The summed E-state index contributed by atoms with van der Waals surface area (Å²) < 4.78 is 5.69. The third kappa shape index (κ3) is 8.00. The summed E-state index contributed by atoms with van der Waals surface area (Å²) in [6.45, 7) is 6.61. The van der Waals surface area contributed by atoms with Gasteiger partial charge in [-0.25, -0.2) is 0 Å². The molecule has 124 valence electrons. The lowest BCUT2D eigenvalue weighted by atomic mass is 10.2. The average Bonchev–Trinajstić information content (AvgIpc) is 2.44. The number of nitrogens with zero attached hydrogens (tertiary/aromatic N) is 1. The Hall–Kier alpha value is -1.59. The molecule has 1 rings (SSSR count). The standard InChI is InChI=1S/C17H29N3O2/c1-14(2)22-16-9-6-5-8-15(16)19-17(21)10-12-18-11-7-13-20(3)4/h5-6,8-9,14,18H,7,10-13H2,1-4H3,(H,19,21). The average molecular weight is 307 g/mol. The van der Waals surface area contributed by atoms with E-state index in [0.29, 0.717) is 18.7 Å². The molecular formula is C17H29N3O2. The highest BCUT2D eigenvalue weighted by Crippen LogP contribution is 2.24. The van der Waals surface area contributed by atoms with Crippen molar-refractivity contribution in [3.05, 3.63) is 24.3 Å². The molecule has 1 amide bonds. The van der Waals surface area contributed by atoms with Crippen LogP contribution in [0.4, 0.5) is 5.69 Å². The van der Waals surface area contributed by atoms with Crippen molar-refractivity contribution in [2.75, 3.05) is 39.0 Å². The molecule has 0 saturated carbocycles. The zero-order valence-electron chi connectivity index (χ0n) is 14.2. The van der Waals surface area contributed by atoms with Crippen molar-refractivity contribution in [2.24, 2.45) is 0 Å². The third-order valence-corrected chi connectivity index (χ3v) is 3.01. The molecule has 0 heterocycles. The molecule has 1 aromatic carbocycles. The lowest BCUT2D eigenvalue weighted by Crippen LogP contribution is -2.25. The van der Waals surface area contributed by atoms with Crippen LogP contribution in [0.25, 0.3) is 0 Å². The number of carbonyl (C=O) groups excluding carboxylic acids is 1. The number of hydrogen-bond acceptors (Lipinski definition) is 4. The Balaban J connectivity index is 2.30. The minimum atomic E-state index is -0.0000781. The minimum absolute atomic E-state index is 0.0000781. The van der Waals surface area contributed by atoms with E-state index < -0.39 is 0 Å². The Kier molecular flexibility index (Phi) is 8.55. The van der Waals surface area contributed by atoms with Crippen LogP contribution < -0.4 is 15.4 Å². The van der Waals surface area contributed by atoms with E-state index in [2.05, 4.69) is 29.6 Å². The maximum atomic E-state index is 12.0. The molecule has 0 unspecified atom stereocenters. The van der Waals surface area contributed by atoms with Crippen LogP contribution in [-0.4, -0.2) is 50.6 Å². The van der Waals surface area contributed by atoms with Crippen molar-refractivity contribution < 1.29 is 9.53 Å². The highest BCUT2D eigenvalue weighted by molar-refractivity contribution is 5.92. The number of amides is 1. The molecule has 0 saturated heterocycles.